The van der Waals surface area contributed by atoms with Gasteiger partial charge < -0.3 is 9.80 Å². The second-order valence-electron chi connectivity index (χ2n) is 6.44. The molecule has 0 spiro atoms. The Morgan fingerprint density at radius 3 is 2.52 bits per heavy atom. The number of fused-ring (bicyclic) bond motifs is 1. The number of hydrogen-bond donors (Lipinski definition) is 0. The molecule has 0 atom stereocenters. The van der Waals surface area contributed by atoms with Gasteiger partial charge in [0.05, 0.1) is 0 Å². The van der Waals surface area contributed by atoms with Crippen LogP contribution in [0.2, 0.25) is 0 Å². The Morgan fingerprint density at radius 1 is 1.07 bits per heavy atom. The summed E-state index contributed by atoms with van der Waals surface area (Å²) in [6, 6.07) is 16.8. The van der Waals surface area contributed by atoms with E-state index in [0.29, 0.717) is 0 Å². The van der Waals surface area contributed by atoms with Crippen LogP contribution in [-0.4, -0.2) is 43.6 Å². The Balaban J connectivity index is 1.57. The molecule has 0 saturated carbocycles. The number of anilines is 1. The van der Waals surface area contributed by atoms with E-state index in [4.69, 9.17) is 0 Å². The number of rotatable bonds is 6. The highest BCUT2D eigenvalue weighted by atomic mass is 32.2. The van der Waals surface area contributed by atoms with Gasteiger partial charge in [-0.05, 0) is 29.8 Å². The number of carbonyl (C=O) groups is 1. The molecule has 1 amide bonds. The monoisotopic (exact) mass is 398 g/mol. The van der Waals surface area contributed by atoms with Gasteiger partial charge in [-0.1, -0.05) is 47.4 Å². The van der Waals surface area contributed by atoms with Gasteiger partial charge in [0, 0.05) is 51.3 Å². The lowest BCUT2D eigenvalue weighted by Crippen LogP contribution is -2.23. The number of para-hydroxylation sites is 1. The molecule has 27 heavy (non-hydrogen) atoms. The van der Waals surface area contributed by atoms with E-state index in [9.17, 15) is 4.79 Å². The SMILES string of the molecule is CN(C)C(=O)SCCN(C)c1ccc(/C=C/c2[nH+]c3ccccc3s2)cc1. The second-order valence-corrected chi connectivity index (χ2v) is 8.57. The molecule has 6 heteroatoms. The van der Waals surface area contributed by atoms with Crippen molar-refractivity contribution in [2.24, 2.45) is 0 Å². The Kier molecular flexibility index (Phi) is 6.53. The summed E-state index contributed by atoms with van der Waals surface area (Å²) in [4.78, 5) is 18.8. The highest BCUT2D eigenvalue weighted by Crippen LogP contribution is 2.20. The molecule has 0 aliphatic carbocycles. The number of carbonyl (C=O) groups excluding carboxylic acids is 1. The normalized spacial score (nSPS) is 11.2. The maximum atomic E-state index is 11.6. The summed E-state index contributed by atoms with van der Waals surface area (Å²) >= 11 is 3.10. The summed E-state index contributed by atoms with van der Waals surface area (Å²) in [5.41, 5.74) is 3.48. The lowest BCUT2D eigenvalue weighted by molar-refractivity contribution is -0.340. The molecular formula is C21H24N3OS2+. The van der Waals surface area contributed by atoms with Gasteiger partial charge in [-0.15, -0.1) is 0 Å². The van der Waals surface area contributed by atoms with Crippen LogP contribution < -0.4 is 9.88 Å². The van der Waals surface area contributed by atoms with Crippen molar-refractivity contribution in [1.29, 1.82) is 0 Å². The van der Waals surface area contributed by atoms with Crippen LogP contribution in [0.3, 0.4) is 0 Å². The lowest BCUT2D eigenvalue weighted by atomic mass is 10.2. The van der Waals surface area contributed by atoms with Gasteiger partial charge in [0.25, 0.3) is 10.2 Å². The van der Waals surface area contributed by atoms with Crippen LogP contribution in [0.15, 0.2) is 48.5 Å². The molecule has 3 rings (SSSR count). The minimum absolute atomic E-state index is 0.0990. The lowest BCUT2D eigenvalue weighted by Gasteiger charge is -2.19. The first kappa shape index (κ1) is 19.5. The predicted octanol–water partition coefficient (Wildman–Crippen LogP) is 4.74. The highest BCUT2D eigenvalue weighted by molar-refractivity contribution is 8.13. The van der Waals surface area contributed by atoms with Gasteiger partial charge >= 0.3 is 0 Å². The molecule has 1 heterocycles. The van der Waals surface area contributed by atoms with Crippen molar-refractivity contribution in [3.63, 3.8) is 0 Å². The largest absolute Gasteiger partial charge is 0.374 e. The molecule has 0 aliphatic rings. The number of amides is 1. The molecule has 0 bridgehead atoms. The van der Waals surface area contributed by atoms with E-state index in [1.807, 2.05) is 6.07 Å². The van der Waals surface area contributed by atoms with E-state index in [1.165, 1.54) is 22.0 Å². The molecular weight excluding hydrogens is 374 g/mol. The van der Waals surface area contributed by atoms with Crippen LogP contribution in [-0.2, 0) is 0 Å². The van der Waals surface area contributed by atoms with Gasteiger partial charge in [0.2, 0.25) is 5.52 Å². The topological polar surface area (TPSA) is 37.7 Å². The summed E-state index contributed by atoms with van der Waals surface area (Å²) in [6.45, 7) is 0.830. The number of benzene rings is 2. The smallest absolute Gasteiger partial charge is 0.281 e. The van der Waals surface area contributed by atoms with E-state index in [-0.39, 0.29) is 5.24 Å². The van der Waals surface area contributed by atoms with Crippen LogP contribution in [0.25, 0.3) is 22.4 Å². The van der Waals surface area contributed by atoms with E-state index in [0.717, 1.165) is 28.6 Å². The third-order valence-electron chi connectivity index (χ3n) is 4.14. The zero-order chi connectivity index (χ0) is 19.2. The van der Waals surface area contributed by atoms with Crippen LogP contribution >= 0.6 is 23.1 Å². The molecule has 0 radical (unpaired) electrons. The fraction of sp³-hybridized carbons (Fsp3) is 0.238. The summed E-state index contributed by atoms with van der Waals surface area (Å²) < 4.78 is 1.26. The van der Waals surface area contributed by atoms with Crippen molar-refractivity contribution < 1.29 is 9.78 Å². The maximum Gasteiger partial charge on any atom is 0.281 e. The predicted molar refractivity (Wildman–Crippen MR) is 119 cm³/mol. The first-order valence-electron chi connectivity index (χ1n) is 8.77. The third-order valence-corrected chi connectivity index (χ3v) is 6.18. The molecule has 1 N–H and O–H groups in total. The molecule has 3 aromatic rings. The number of H-pyrrole nitrogens is 1. The van der Waals surface area contributed by atoms with Crippen molar-refractivity contribution in [3.8, 4) is 0 Å². The van der Waals surface area contributed by atoms with Crippen molar-refractivity contribution in [2.45, 2.75) is 0 Å². The van der Waals surface area contributed by atoms with Crippen LogP contribution in [0.5, 0.6) is 0 Å². The standard InChI is InChI=1S/C21H23N3OS2/c1-23(2)21(25)26-15-14-24(3)17-11-8-16(9-12-17)10-13-20-22-18-6-4-5-7-19(18)27-20/h4-13H,14-15H2,1-3H3/p+1/b13-10+. The van der Waals surface area contributed by atoms with Gasteiger partial charge in [-0.2, -0.15) is 4.98 Å². The average molecular weight is 399 g/mol. The van der Waals surface area contributed by atoms with E-state index >= 15 is 0 Å². The van der Waals surface area contributed by atoms with E-state index in [2.05, 4.69) is 71.5 Å². The second kappa shape index (κ2) is 9.06. The number of thiazole rings is 1. The van der Waals surface area contributed by atoms with Gasteiger partial charge in [0.15, 0.2) is 0 Å². The number of hydrogen-bond acceptors (Lipinski definition) is 4. The summed E-state index contributed by atoms with van der Waals surface area (Å²) in [6.07, 6.45) is 4.24. The number of aromatic nitrogens is 1. The number of nitrogens with zero attached hydrogens (tertiary/aromatic N) is 2. The zero-order valence-corrected chi connectivity index (χ0v) is 17.4. The number of thioether (sulfide) groups is 1. The quantitative estimate of drug-likeness (QED) is 0.602. The molecule has 0 unspecified atom stereocenters. The van der Waals surface area contributed by atoms with Crippen LogP contribution in [0, 0.1) is 0 Å². The van der Waals surface area contributed by atoms with Gasteiger partial charge in [-0.3, -0.25) is 4.79 Å². The van der Waals surface area contributed by atoms with Crippen molar-refractivity contribution in [3.05, 3.63) is 59.1 Å². The minimum atomic E-state index is 0.0990. The van der Waals surface area contributed by atoms with Crippen molar-refractivity contribution >= 4 is 56.4 Å². The highest BCUT2D eigenvalue weighted by Gasteiger charge is 2.08. The maximum absolute atomic E-state index is 11.6. The summed E-state index contributed by atoms with van der Waals surface area (Å²) in [5, 5.41) is 1.24. The Labute approximate surface area is 168 Å². The van der Waals surface area contributed by atoms with E-state index in [1.54, 1.807) is 30.3 Å². The summed E-state index contributed by atoms with van der Waals surface area (Å²) in [7, 11) is 5.61. The van der Waals surface area contributed by atoms with Crippen molar-refractivity contribution in [1.82, 2.24) is 4.90 Å². The fourth-order valence-electron chi connectivity index (χ4n) is 2.55. The van der Waals surface area contributed by atoms with Gasteiger partial charge in [0.1, 0.15) is 4.70 Å². The minimum Gasteiger partial charge on any atom is -0.374 e. The average Bonchev–Trinajstić information content (AvgIpc) is 3.09. The molecule has 2 aromatic carbocycles. The van der Waals surface area contributed by atoms with Crippen molar-refractivity contribution in [2.75, 3.05) is 38.3 Å². The molecule has 0 fully saturated rings. The van der Waals surface area contributed by atoms with E-state index < -0.39 is 0 Å². The Morgan fingerprint density at radius 2 is 1.81 bits per heavy atom. The first-order valence-corrected chi connectivity index (χ1v) is 10.6. The van der Waals surface area contributed by atoms with Crippen LogP contribution in [0.4, 0.5) is 10.5 Å². The zero-order valence-electron chi connectivity index (χ0n) is 15.8. The molecule has 140 valence electrons. The number of aromatic amines is 1. The fourth-order valence-corrected chi connectivity index (χ4v) is 4.26. The summed E-state index contributed by atoms with van der Waals surface area (Å²) in [5.74, 6) is 0.775. The Hall–Kier alpha value is -2.31. The molecule has 0 saturated heterocycles. The molecule has 0 aliphatic heterocycles. The molecule has 4 nitrogen and oxygen atoms in total. The molecule has 1 aromatic heterocycles. The van der Waals surface area contributed by atoms with Gasteiger partial charge in [-0.25, -0.2) is 0 Å². The number of nitrogens with one attached hydrogen (secondary N) is 1. The first-order chi connectivity index (χ1) is 13.0. The van der Waals surface area contributed by atoms with Crippen LogP contribution in [0.1, 0.15) is 10.6 Å². The third kappa shape index (κ3) is 5.34. The Bertz CT molecular complexity index is 899.